The average Bonchev–Trinajstić information content (AvgIpc) is 2.85. The Balaban J connectivity index is 1.84. The van der Waals surface area contributed by atoms with Gasteiger partial charge in [-0.15, -0.1) is 0 Å². The first-order valence-electron chi connectivity index (χ1n) is 6.77. The highest BCUT2D eigenvalue weighted by Crippen LogP contribution is 2.20. The molecule has 108 valence electrons. The predicted molar refractivity (Wildman–Crippen MR) is 82.3 cm³/mol. The van der Waals surface area contributed by atoms with Gasteiger partial charge in [0.25, 0.3) is 0 Å². The quantitative estimate of drug-likeness (QED) is 0.794. The minimum absolute atomic E-state index is 0.00669. The van der Waals surface area contributed by atoms with Gasteiger partial charge in [-0.05, 0) is 18.9 Å². The number of nitrogens with zero attached hydrogens (tertiary/aromatic N) is 3. The Morgan fingerprint density at radius 2 is 2.24 bits per heavy atom. The van der Waals surface area contributed by atoms with Crippen LogP contribution in [0.15, 0.2) is 18.5 Å². The maximum atomic E-state index is 11.6. The van der Waals surface area contributed by atoms with Gasteiger partial charge in [-0.25, -0.2) is 8.72 Å². The highest BCUT2D eigenvalue weighted by molar-refractivity contribution is 7.92. The second-order valence-electron chi connectivity index (χ2n) is 5.36. The summed E-state index contributed by atoms with van der Waals surface area (Å²) in [5.41, 5.74) is 2.27. The summed E-state index contributed by atoms with van der Waals surface area (Å²) in [6, 6.07) is 4.02. The minimum Gasteiger partial charge on any atom is -0.489 e. The predicted octanol–water partition coefficient (Wildman–Crippen LogP) is 0.0523. The van der Waals surface area contributed by atoms with Crippen LogP contribution in [-0.2, 0) is 9.73 Å². The molecule has 1 fully saturated rings. The van der Waals surface area contributed by atoms with Crippen molar-refractivity contribution >= 4 is 28.6 Å². The van der Waals surface area contributed by atoms with Crippen LogP contribution in [-0.4, -0.2) is 39.3 Å². The Labute approximate surface area is 124 Å². The van der Waals surface area contributed by atoms with E-state index in [4.69, 9.17) is 14.8 Å². The zero-order valence-electron chi connectivity index (χ0n) is 11.7. The number of hydrogen-bond donors (Lipinski definition) is 1. The summed E-state index contributed by atoms with van der Waals surface area (Å²) >= 11 is 0. The Bertz CT molecular complexity index is 824. The van der Waals surface area contributed by atoms with Gasteiger partial charge in [0.2, 0.25) is 0 Å². The van der Waals surface area contributed by atoms with Crippen LogP contribution in [0.5, 0.6) is 5.75 Å². The molecule has 2 aromatic rings. The summed E-state index contributed by atoms with van der Waals surface area (Å²) in [6.45, 7) is 0. The molecule has 8 heteroatoms. The molecule has 2 aromatic heterocycles. The zero-order valence-corrected chi connectivity index (χ0v) is 12.5. The van der Waals surface area contributed by atoms with Crippen LogP contribution in [0.3, 0.4) is 0 Å². The van der Waals surface area contributed by atoms with E-state index in [9.17, 15) is 4.21 Å². The first kappa shape index (κ1) is 14.0. The molecule has 0 saturated carbocycles. The van der Waals surface area contributed by atoms with E-state index in [1.807, 2.05) is 13.9 Å². The van der Waals surface area contributed by atoms with Crippen molar-refractivity contribution in [2.45, 2.75) is 18.9 Å². The van der Waals surface area contributed by atoms with Crippen LogP contribution >= 0.6 is 0 Å². The Morgan fingerprint density at radius 1 is 1.52 bits per heavy atom. The van der Waals surface area contributed by atoms with Crippen molar-refractivity contribution in [1.82, 2.24) is 9.61 Å². The molecule has 0 bridgehead atoms. The number of nitriles is 1. The topological polar surface area (TPSA) is 91.2 Å². The molecule has 3 rings (SSSR count). The number of nitrogens with one attached hydrogen (secondary N) is 1. The number of fused-ring (bicyclic) bond motifs is 1. The summed E-state index contributed by atoms with van der Waals surface area (Å²) in [4.78, 5) is 0. The van der Waals surface area contributed by atoms with Crippen LogP contribution in [0.25, 0.3) is 5.52 Å². The monoisotopic (exact) mass is 302 g/mol. The van der Waals surface area contributed by atoms with Crippen molar-refractivity contribution in [2.24, 2.45) is 0 Å². The van der Waals surface area contributed by atoms with Crippen molar-refractivity contribution in [2.75, 3.05) is 11.5 Å². The molecule has 0 aromatic carbocycles. The van der Waals surface area contributed by atoms with Gasteiger partial charge in [0, 0.05) is 21.2 Å². The van der Waals surface area contributed by atoms with Gasteiger partial charge < -0.3 is 4.74 Å². The first-order chi connectivity index (χ1) is 9.98. The molecule has 1 saturated heterocycles. The van der Waals surface area contributed by atoms with Crippen molar-refractivity contribution in [1.29, 1.82) is 10.0 Å². The molecule has 1 aliphatic rings. The van der Waals surface area contributed by atoms with Crippen LogP contribution in [0.4, 0.5) is 0 Å². The molecular weight excluding hydrogens is 287 g/mol. The molecule has 6 nitrogen and oxygen atoms in total. The minimum atomic E-state index is -2.38. The zero-order chi connectivity index (χ0) is 15.0. The third-order valence-corrected chi connectivity index (χ3v) is 5.53. The second-order valence-corrected chi connectivity index (χ2v) is 7.80. The molecule has 0 atom stereocenters. The van der Waals surface area contributed by atoms with E-state index in [1.54, 1.807) is 16.9 Å². The summed E-state index contributed by atoms with van der Waals surface area (Å²) in [5.74, 6) is 1.49. The fourth-order valence-corrected chi connectivity index (χ4v) is 4.13. The van der Waals surface area contributed by atoms with E-state index < -0.39 is 9.73 Å². The lowest BCUT2D eigenvalue weighted by atomic mass is 9.94. The number of hydrogen-bond acceptors (Lipinski definition) is 5. The summed E-state index contributed by atoms with van der Waals surface area (Å²) in [6.07, 6.45) is 4.58. The number of pyridine rings is 1. The molecule has 3 heterocycles. The Morgan fingerprint density at radius 3 is 2.90 bits per heavy atom. The van der Waals surface area contributed by atoms with Gasteiger partial charge in [-0.2, -0.15) is 10.4 Å². The van der Waals surface area contributed by atoms with Crippen molar-refractivity contribution in [3.63, 3.8) is 0 Å². The lowest BCUT2D eigenvalue weighted by Crippen LogP contribution is -2.30. The highest BCUT2D eigenvalue weighted by Gasteiger charge is 2.22. The van der Waals surface area contributed by atoms with Crippen molar-refractivity contribution in [3.8, 4) is 11.8 Å². The fraction of sp³-hybridized carbons (Fsp3) is 0.385. The van der Waals surface area contributed by atoms with E-state index in [0.29, 0.717) is 35.7 Å². The molecule has 0 spiro atoms. The molecule has 0 aliphatic carbocycles. The molecule has 21 heavy (non-hydrogen) atoms. The third-order valence-electron chi connectivity index (χ3n) is 3.74. The molecule has 0 amide bonds. The Hall–Kier alpha value is -2.01. The van der Waals surface area contributed by atoms with Gasteiger partial charge >= 0.3 is 0 Å². The lowest BCUT2D eigenvalue weighted by Gasteiger charge is -2.24. The van der Waals surface area contributed by atoms with Crippen LogP contribution in [0.2, 0.25) is 0 Å². The average molecular weight is 302 g/mol. The van der Waals surface area contributed by atoms with Crippen LogP contribution in [0.1, 0.15) is 18.4 Å². The second kappa shape index (κ2) is 5.08. The van der Waals surface area contributed by atoms with Gasteiger partial charge in [0.15, 0.2) is 0 Å². The van der Waals surface area contributed by atoms with E-state index in [0.717, 1.165) is 11.0 Å². The highest BCUT2D eigenvalue weighted by atomic mass is 32.2. The van der Waals surface area contributed by atoms with E-state index in [1.165, 1.54) is 0 Å². The standard InChI is InChI=1S/C13H15BN4O2S/c14-12-5-11(8-18-13(12)9(6-15)7-17-18)20-10-1-3-21(16,19)4-2-10/h5,7-8,10,16H,1-4,14H2. The van der Waals surface area contributed by atoms with Gasteiger partial charge in [0.05, 0.1) is 23.5 Å². The first-order valence-corrected chi connectivity index (χ1v) is 8.67. The summed E-state index contributed by atoms with van der Waals surface area (Å²) in [5, 5.41) is 13.2. The number of aromatic nitrogens is 2. The Kier molecular flexibility index (Phi) is 3.37. The lowest BCUT2D eigenvalue weighted by molar-refractivity contribution is 0.190. The molecular formula is C13H15BN4O2S. The molecule has 0 unspecified atom stereocenters. The SMILES string of the molecule is Bc1cc(OC2CCS(=N)(=O)CC2)cn2ncc(C#N)c12. The number of rotatable bonds is 2. The van der Waals surface area contributed by atoms with E-state index in [-0.39, 0.29) is 6.10 Å². The van der Waals surface area contributed by atoms with Gasteiger partial charge in [0.1, 0.15) is 25.8 Å². The molecule has 0 radical (unpaired) electrons. The van der Waals surface area contributed by atoms with E-state index >= 15 is 0 Å². The summed E-state index contributed by atoms with van der Waals surface area (Å²) < 4.78 is 26.8. The van der Waals surface area contributed by atoms with Crippen LogP contribution in [0, 0.1) is 16.1 Å². The molecule has 1 N–H and O–H groups in total. The van der Waals surface area contributed by atoms with E-state index in [2.05, 4.69) is 11.2 Å². The summed E-state index contributed by atoms with van der Waals surface area (Å²) in [7, 11) is -0.466. The largest absolute Gasteiger partial charge is 0.489 e. The maximum absolute atomic E-state index is 11.6. The fourth-order valence-electron chi connectivity index (χ4n) is 2.64. The third kappa shape index (κ3) is 2.74. The van der Waals surface area contributed by atoms with Crippen molar-refractivity contribution < 1.29 is 8.95 Å². The van der Waals surface area contributed by atoms with Crippen LogP contribution < -0.4 is 10.2 Å². The van der Waals surface area contributed by atoms with Gasteiger partial charge in [-0.1, -0.05) is 5.46 Å². The molecule has 1 aliphatic heterocycles. The number of ether oxygens (including phenoxy) is 1. The van der Waals surface area contributed by atoms with Gasteiger partial charge in [-0.3, -0.25) is 4.78 Å². The smallest absolute Gasteiger partial charge is 0.142 e. The maximum Gasteiger partial charge on any atom is 0.142 e. The van der Waals surface area contributed by atoms with Crippen molar-refractivity contribution in [3.05, 3.63) is 24.0 Å². The normalized spacial score (nSPS) is 25.6.